The highest BCUT2D eigenvalue weighted by molar-refractivity contribution is 6.22. The Kier molecular flexibility index (Phi) is 6.02. The fourth-order valence-electron chi connectivity index (χ4n) is 4.13. The quantitative estimate of drug-likeness (QED) is 0.604. The maximum atomic E-state index is 9.15. The third kappa shape index (κ3) is 3.25. The van der Waals surface area contributed by atoms with Gasteiger partial charge in [0.2, 0.25) is 11.4 Å². The maximum Gasteiger partial charge on any atom is 0.221 e. The normalized spacial score (nSPS) is 12.0. The topological polar surface area (TPSA) is 30.0 Å². The van der Waals surface area contributed by atoms with Crippen molar-refractivity contribution in [3.8, 4) is 6.07 Å². The molecule has 1 aliphatic heterocycles. The molecule has 0 aliphatic carbocycles. The third-order valence-corrected chi connectivity index (χ3v) is 5.42. The molecule has 4 rings (SSSR count). The van der Waals surface area contributed by atoms with E-state index in [1.807, 2.05) is 0 Å². The molecule has 1 aliphatic rings. The van der Waals surface area contributed by atoms with E-state index >= 15 is 0 Å². The minimum Gasteiger partial charge on any atom is -1.00 e. The molecule has 4 heteroatoms. The van der Waals surface area contributed by atoms with E-state index in [1.54, 1.807) is 0 Å². The van der Waals surface area contributed by atoms with E-state index in [0.29, 0.717) is 13.0 Å². The van der Waals surface area contributed by atoms with Crippen molar-refractivity contribution in [2.45, 2.75) is 20.3 Å². The first-order chi connectivity index (χ1) is 13.3. The summed E-state index contributed by atoms with van der Waals surface area (Å²) in [6, 6.07) is 24.1. The van der Waals surface area contributed by atoms with Gasteiger partial charge in [-0.1, -0.05) is 24.3 Å². The predicted octanol–water partition coefficient (Wildman–Crippen LogP) is 2.10. The van der Waals surface area contributed by atoms with Gasteiger partial charge in [0, 0.05) is 30.4 Å². The maximum absolute atomic E-state index is 9.15. The summed E-state index contributed by atoms with van der Waals surface area (Å²) in [6.45, 7) is 7.09. The predicted molar refractivity (Wildman–Crippen MR) is 112 cm³/mol. The van der Waals surface area contributed by atoms with Crippen LogP contribution in [0.1, 0.15) is 31.4 Å². The van der Waals surface area contributed by atoms with Crippen molar-refractivity contribution < 1.29 is 17.0 Å². The fourth-order valence-corrected chi connectivity index (χ4v) is 4.13. The smallest absolute Gasteiger partial charge is 0.221 e. The van der Waals surface area contributed by atoms with Crippen LogP contribution in [0.15, 0.2) is 60.7 Å². The molecule has 3 aromatic carbocycles. The number of rotatable bonds is 6. The number of nitriles is 1. The Morgan fingerprint density at radius 2 is 1.61 bits per heavy atom. The van der Waals surface area contributed by atoms with Gasteiger partial charge in [-0.15, -0.1) is 0 Å². The molecule has 0 atom stereocenters. The highest BCUT2D eigenvalue weighted by Gasteiger charge is 2.32. The second kappa shape index (κ2) is 8.46. The summed E-state index contributed by atoms with van der Waals surface area (Å²) in [5.74, 6) is 0. The molecule has 0 unspecified atom stereocenters. The molecule has 0 radical (unpaired) electrons. The summed E-state index contributed by atoms with van der Waals surface area (Å²) in [7, 11) is 0. The Hall–Kier alpha value is -2.83. The number of nitrogens with zero attached hydrogens (tertiary/aromatic N) is 3. The molecule has 28 heavy (non-hydrogen) atoms. The van der Waals surface area contributed by atoms with Crippen LogP contribution in [0, 0.1) is 11.3 Å². The second-order valence-electron chi connectivity index (χ2n) is 6.81. The van der Waals surface area contributed by atoms with E-state index in [0.717, 1.165) is 13.1 Å². The summed E-state index contributed by atoms with van der Waals surface area (Å²) >= 11 is 0. The van der Waals surface area contributed by atoms with E-state index in [1.165, 1.54) is 39.0 Å². The first-order valence-electron chi connectivity index (χ1n) is 9.67. The average Bonchev–Trinajstić information content (AvgIpc) is 3.03. The van der Waals surface area contributed by atoms with Crippen molar-refractivity contribution in [2.24, 2.45) is 0 Å². The van der Waals surface area contributed by atoms with Crippen molar-refractivity contribution in [1.82, 2.24) is 0 Å². The van der Waals surface area contributed by atoms with Crippen LogP contribution < -0.4 is 17.3 Å². The van der Waals surface area contributed by atoms with E-state index in [4.69, 9.17) is 5.26 Å². The van der Waals surface area contributed by atoms with Gasteiger partial charge in [0.25, 0.3) is 0 Å². The highest BCUT2D eigenvalue weighted by atomic mass is 35.5. The summed E-state index contributed by atoms with van der Waals surface area (Å²) in [5.41, 5.74) is 6.13. The lowest BCUT2D eigenvalue weighted by Crippen LogP contribution is -3.00. The van der Waals surface area contributed by atoms with Crippen molar-refractivity contribution in [3.05, 3.63) is 71.8 Å². The van der Waals surface area contributed by atoms with Crippen LogP contribution in [-0.2, 0) is 0 Å². The molecule has 0 spiro atoms. The molecule has 1 heterocycles. The van der Waals surface area contributed by atoms with Gasteiger partial charge in [0.05, 0.1) is 23.4 Å². The Bertz CT molecular complexity index is 1050. The highest BCUT2D eigenvalue weighted by Crippen LogP contribution is 2.37. The van der Waals surface area contributed by atoms with E-state index in [-0.39, 0.29) is 12.4 Å². The van der Waals surface area contributed by atoms with Gasteiger partial charge in [-0.05, 0) is 49.6 Å². The van der Waals surface area contributed by atoms with Crippen LogP contribution in [0.2, 0.25) is 0 Å². The molecule has 0 bridgehead atoms. The number of halogens is 1. The fraction of sp³-hybridized carbons (Fsp3) is 0.250. The average molecular weight is 390 g/mol. The molecule has 0 aromatic heterocycles. The van der Waals surface area contributed by atoms with Crippen LogP contribution in [0.5, 0.6) is 0 Å². The Morgan fingerprint density at radius 1 is 0.929 bits per heavy atom. The van der Waals surface area contributed by atoms with Gasteiger partial charge >= 0.3 is 0 Å². The number of hydrogen-bond acceptors (Lipinski definition) is 2. The van der Waals surface area contributed by atoms with Crippen molar-refractivity contribution in [1.29, 1.82) is 5.26 Å². The first kappa shape index (κ1) is 19.9. The number of benzene rings is 3. The Balaban J connectivity index is 0.00000225. The zero-order valence-corrected chi connectivity index (χ0v) is 17.1. The van der Waals surface area contributed by atoms with Gasteiger partial charge in [0.1, 0.15) is 0 Å². The minimum atomic E-state index is 0. The molecular weight excluding hydrogens is 366 g/mol. The zero-order valence-electron chi connectivity index (χ0n) is 16.3. The molecule has 0 N–H and O–H groups in total. The summed E-state index contributed by atoms with van der Waals surface area (Å²) in [6.07, 6.45) is 0.505. The molecule has 0 fully saturated rings. The Labute approximate surface area is 172 Å². The molecule has 3 nitrogen and oxygen atoms in total. The lowest BCUT2D eigenvalue weighted by Gasteiger charge is -2.21. The SMILES string of the molecule is CCN(CC)c1ccc(C2=[N+](CCC#N)c3cccc4cccc2c34)cc1.[Cl-]. The summed E-state index contributed by atoms with van der Waals surface area (Å²) < 4.78 is 2.31. The van der Waals surface area contributed by atoms with Crippen LogP contribution >= 0.6 is 0 Å². The molecule has 0 saturated carbocycles. The second-order valence-corrected chi connectivity index (χ2v) is 6.81. The van der Waals surface area contributed by atoms with E-state index < -0.39 is 0 Å². The van der Waals surface area contributed by atoms with Crippen LogP contribution in [0.3, 0.4) is 0 Å². The first-order valence-corrected chi connectivity index (χ1v) is 9.67. The third-order valence-electron chi connectivity index (χ3n) is 5.42. The molecule has 0 amide bonds. The van der Waals surface area contributed by atoms with Gasteiger partial charge in [-0.3, -0.25) is 0 Å². The van der Waals surface area contributed by atoms with Crippen molar-refractivity contribution in [2.75, 3.05) is 24.5 Å². The number of anilines is 1. The van der Waals surface area contributed by atoms with Crippen LogP contribution in [-0.4, -0.2) is 29.9 Å². The van der Waals surface area contributed by atoms with Gasteiger partial charge in [-0.25, -0.2) is 0 Å². The van der Waals surface area contributed by atoms with Crippen LogP contribution in [0.4, 0.5) is 11.4 Å². The summed E-state index contributed by atoms with van der Waals surface area (Å²) in [4.78, 5) is 2.35. The molecule has 3 aromatic rings. The van der Waals surface area contributed by atoms with Crippen molar-refractivity contribution >= 4 is 27.9 Å². The standard InChI is InChI=1S/C24H24N3.ClH/c1-3-26(4-2)20-14-12-19(13-15-20)24-21-10-5-8-18-9-6-11-22(23(18)21)27(24)17-7-16-25;/h5-6,8-15H,3-4,7,17H2,1-2H3;1H/q+1;/p-1. The Morgan fingerprint density at radius 3 is 2.25 bits per heavy atom. The lowest BCUT2D eigenvalue weighted by molar-refractivity contribution is -0.434. The van der Waals surface area contributed by atoms with Gasteiger partial charge in [-0.2, -0.15) is 9.84 Å². The molecule has 142 valence electrons. The monoisotopic (exact) mass is 389 g/mol. The van der Waals surface area contributed by atoms with Crippen LogP contribution in [0.25, 0.3) is 10.8 Å². The minimum absolute atomic E-state index is 0. The lowest BCUT2D eigenvalue weighted by atomic mass is 9.98. The largest absolute Gasteiger partial charge is 1.00 e. The van der Waals surface area contributed by atoms with E-state index in [9.17, 15) is 0 Å². The number of hydrogen-bond donors (Lipinski definition) is 0. The zero-order chi connectivity index (χ0) is 18.8. The van der Waals surface area contributed by atoms with Gasteiger partial charge in [0.15, 0.2) is 6.54 Å². The molecular formula is C24H24ClN3. The van der Waals surface area contributed by atoms with Gasteiger partial charge < -0.3 is 17.3 Å². The summed E-state index contributed by atoms with van der Waals surface area (Å²) in [5, 5.41) is 11.7. The van der Waals surface area contributed by atoms with Crippen molar-refractivity contribution in [3.63, 3.8) is 0 Å². The van der Waals surface area contributed by atoms with E-state index in [2.05, 4.69) is 90.1 Å². The molecule has 0 saturated heterocycles.